The largest absolute Gasteiger partial charge is 0.368 e. The number of rotatable bonds is 4. The van der Waals surface area contributed by atoms with Gasteiger partial charge in [-0.15, -0.1) is 0 Å². The quantitative estimate of drug-likeness (QED) is 0.894. The van der Waals surface area contributed by atoms with Crippen molar-refractivity contribution in [1.29, 1.82) is 0 Å². The van der Waals surface area contributed by atoms with Gasteiger partial charge in [0.1, 0.15) is 0 Å². The molecule has 2 N–H and O–H groups in total. The monoisotopic (exact) mass is 306 g/mol. The van der Waals surface area contributed by atoms with Gasteiger partial charge in [0, 0.05) is 29.3 Å². The van der Waals surface area contributed by atoms with Crippen molar-refractivity contribution < 1.29 is 0 Å². The van der Waals surface area contributed by atoms with E-state index in [0.717, 1.165) is 29.8 Å². The number of piperidine rings is 1. The first-order chi connectivity index (χ1) is 10.2. The second-order valence-electron chi connectivity index (χ2n) is 6.74. The fraction of sp³-hybridized carbons (Fsp3) is 0.667. The number of nitrogens with two attached hydrogens (primary N) is 1. The van der Waals surface area contributed by atoms with E-state index in [9.17, 15) is 0 Å². The van der Waals surface area contributed by atoms with Crippen LogP contribution in [0.2, 0.25) is 5.02 Å². The van der Waals surface area contributed by atoms with Crippen LogP contribution in [0.25, 0.3) is 0 Å². The number of nitrogens with zero attached hydrogens (tertiary/aromatic N) is 1. The van der Waals surface area contributed by atoms with Crippen LogP contribution in [0.4, 0.5) is 5.69 Å². The normalized spacial score (nSPS) is 26.7. The highest BCUT2D eigenvalue weighted by Gasteiger charge is 2.35. The standard InChI is InChI=1S/C18H27ClN2/c1-2-16(20)12-14-11-15(19)8-9-18(14)21-10-4-6-13-5-3-7-17(13)21/h8-9,11,13,16-17H,2-7,10,12,20H2,1H3. The van der Waals surface area contributed by atoms with E-state index < -0.39 is 0 Å². The molecule has 0 amide bonds. The summed E-state index contributed by atoms with van der Waals surface area (Å²) in [5.74, 6) is 0.905. The third kappa shape index (κ3) is 3.22. The summed E-state index contributed by atoms with van der Waals surface area (Å²) < 4.78 is 0. The van der Waals surface area contributed by atoms with Crippen LogP contribution in [-0.4, -0.2) is 18.6 Å². The Morgan fingerprint density at radius 1 is 1.29 bits per heavy atom. The zero-order chi connectivity index (χ0) is 14.8. The Balaban J connectivity index is 1.89. The second kappa shape index (κ2) is 6.58. The molecule has 1 heterocycles. The first-order valence-corrected chi connectivity index (χ1v) is 8.87. The second-order valence-corrected chi connectivity index (χ2v) is 7.18. The molecule has 3 heteroatoms. The predicted octanol–water partition coefficient (Wildman–Crippen LogP) is 4.39. The predicted molar refractivity (Wildman–Crippen MR) is 91.1 cm³/mol. The molecule has 3 unspecified atom stereocenters. The molecule has 0 aromatic heterocycles. The molecule has 3 rings (SSSR count). The van der Waals surface area contributed by atoms with Crippen molar-refractivity contribution in [3.8, 4) is 0 Å². The molecule has 0 radical (unpaired) electrons. The highest BCUT2D eigenvalue weighted by molar-refractivity contribution is 6.30. The van der Waals surface area contributed by atoms with Gasteiger partial charge in [0.15, 0.2) is 0 Å². The molecule has 1 saturated heterocycles. The number of anilines is 1. The molecular formula is C18H27ClN2. The molecule has 3 atom stereocenters. The maximum atomic E-state index is 6.23. The average Bonchev–Trinajstić information content (AvgIpc) is 2.96. The molecule has 1 aromatic rings. The molecule has 1 aliphatic heterocycles. The Hall–Kier alpha value is -0.730. The van der Waals surface area contributed by atoms with Crippen molar-refractivity contribution in [2.45, 2.75) is 64.0 Å². The summed E-state index contributed by atoms with van der Waals surface area (Å²) in [5.41, 5.74) is 8.92. The van der Waals surface area contributed by atoms with Crippen molar-refractivity contribution in [1.82, 2.24) is 0 Å². The lowest BCUT2D eigenvalue weighted by atomic mass is 9.90. The van der Waals surface area contributed by atoms with E-state index in [2.05, 4.69) is 24.0 Å². The van der Waals surface area contributed by atoms with Gasteiger partial charge in [0.2, 0.25) is 0 Å². The molecule has 2 fully saturated rings. The van der Waals surface area contributed by atoms with Gasteiger partial charge in [-0.1, -0.05) is 24.9 Å². The Bertz CT molecular complexity index is 488. The van der Waals surface area contributed by atoms with Crippen LogP contribution in [0.1, 0.15) is 51.0 Å². The number of benzene rings is 1. The molecule has 2 nitrogen and oxygen atoms in total. The fourth-order valence-electron chi connectivity index (χ4n) is 4.18. The smallest absolute Gasteiger partial charge is 0.0410 e. The number of hydrogen-bond acceptors (Lipinski definition) is 2. The third-order valence-electron chi connectivity index (χ3n) is 5.35. The zero-order valence-electron chi connectivity index (χ0n) is 13.0. The molecule has 21 heavy (non-hydrogen) atoms. The molecule has 0 bridgehead atoms. The molecule has 116 valence electrons. The summed E-state index contributed by atoms with van der Waals surface area (Å²) in [7, 11) is 0. The molecule has 1 saturated carbocycles. The van der Waals surface area contributed by atoms with Gasteiger partial charge in [-0.2, -0.15) is 0 Å². The van der Waals surface area contributed by atoms with Crippen LogP contribution in [0.5, 0.6) is 0 Å². The van der Waals surface area contributed by atoms with Crippen molar-refractivity contribution in [3.63, 3.8) is 0 Å². The Morgan fingerprint density at radius 3 is 2.90 bits per heavy atom. The topological polar surface area (TPSA) is 29.3 Å². The van der Waals surface area contributed by atoms with Crippen LogP contribution in [0.15, 0.2) is 18.2 Å². The molecule has 1 aromatic carbocycles. The summed E-state index contributed by atoms with van der Waals surface area (Å²) in [6, 6.07) is 7.37. The third-order valence-corrected chi connectivity index (χ3v) is 5.59. The van der Waals surface area contributed by atoms with Crippen LogP contribution < -0.4 is 10.6 Å². The first-order valence-electron chi connectivity index (χ1n) is 8.49. The van der Waals surface area contributed by atoms with E-state index in [-0.39, 0.29) is 6.04 Å². The van der Waals surface area contributed by atoms with E-state index in [1.54, 1.807) is 0 Å². The van der Waals surface area contributed by atoms with E-state index in [0.29, 0.717) is 0 Å². The van der Waals surface area contributed by atoms with Crippen molar-refractivity contribution in [2.75, 3.05) is 11.4 Å². The first kappa shape index (κ1) is 15.2. The summed E-state index contributed by atoms with van der Waals surface area (Å²) in [6.45, 7) is 3.35. The minimum Gasteiger partial charge on any atom is -0.368 e. The maximum Gasteiger partial charge on any atom is 0.0410 e. The highest BCUT2D eigenvalue weighted by atomic mass is 35.5. The molecule has 1 aliphatic carbocycles. The van der Waals surface area contributed by atoms with Crippen LogP contribution in [0.3, 0.4) is 0 Å². The Labute approximate surface area is 133 Å². The van der Waals surface area contributed by atoms with E-state index in [1.165, 1.54) is 49.9 Å². The summed E-state index contributed by atoms with van der Waals surface area (Å²) in [4.78, 5) is 2.66. The zero-order valence-corrected chi connectivity index (χ0v) is 13.8. The lowest BCUT2D eigenvalue weighted by molar-refractivity contribution is 0.362. The van der Waals surface area contributed by atoms with Crippen LogP contribution in [0, 0.1) is 5.92 Å². The van der Waals surface area contributed by atoms with E-state index in [4.69, 9.17) is 17.3 Å². The lowest BCUT2D eigenvalue weighted by Gasteiger charge is -2.40. The average molecular weight is 307 g/mol. The van der Waals surface area contributed by atoms with Crippen LogP contribution in [-0.2, 0) is 6.42 Å². The number of hydrogen-bond donors (Lipinski definition) is 1. The SMILES string of the molecule is CCC(N)Cc1cc(Cl)ccc1N1CCCC2CCCC21. The van der Waals surface area contributed by atoms with Crippen molar-refractivity contribution in [2.24, 2.45) is 11.7 Å². The Morgan fingerprint density at radius 2 is 2.10 bits per heavy atom. The van der Waals surface area contributed by atoms with Gasteiger partial charge in [0.25, 0.3) is 0 Å². The minimum atomic E-state index is 0.228. The van der Waals surface area contributed by atoms with Crippen molar-refractivity contribution in [3.05, 3.63) is 28.8 Å². The fourth-order valence-corrected chi connectivity index (χ4v) is 4.37. The van der Waals surface area contributed by atoms with Gasteiger partial charge >= 0.3 is 0 Å². The van der Waals surface area contributed by atoms with Gasteiger partial charge in [0.05, 0.1) is 0 Å². The molecule has 2 aliphatic rings. The number of halogens is 1. The van der Waals surface area contributed by atoms with Gasteiger partial charge in [-0.25, -0.2) is 0 Å². The van der Waals surface area contributed by atoms with E-state index >= 15 is 0 Å². The van der Waals surface area contributed by atoms with E-state index in [1.807, 2.05) is 6.07 Å². The summed E-state index contributed by atoms with van der Waals surface area (Å²) in [6.07, 6.45) is 8.84. The minimum absolute atomic E-state index is 0.228. The highest BCUT2D eigenvalue weighted by Crippen LogP contribution is 2.40. The maximum absolute atomic E-state index is 6.23. The number of fused-ring (bicyclic) bond motifs is 1. The molecular weight excluding hydrogens is 280 g/mol. The Kier molecular flexibility index (Phi) is 4.75. The summed E-state index contributed by atoms with van der Waals surface area (Å²) in [5, 5.41) is 0.831. The molecule has 0 spiro atoms. The van der Waals surface area contributed by atoms with Crippen LogP contribution >= 0.6 is 11.6 Å². The van der Waals surface area contributed by atoms with Crippen molar-refractivity contribution >= 4 is 17.3 Å². The lowest BCUT2D eigenvalue weighted by Crippen LogP contribution is -2.43. The summed E-state index contributed by atoms with van der Waals surface area (Å²) >= 11 is 6.23. The van der Waals surface area contributed by atoms with Gasteiger partial charge < -0.3 is 10.6 Å². The van der Waals surface area contributed by atoms with Gasteiger partial charge in [-0.3, -0.25) is 0 Å². The van der Waals surface area contributed by atoms with Gasteiger partial charge in [-0.05, 0) is 68.2 Å².